The van der Waals surface area contributed by atoms with E-state index in [1.165, 1.54) is 0 Å². The molecule has 0 saturated carbocycles. The van der Waals surface area contributed by atoms with Crippen LogP contribution in [0.1, 0.15) is 29.5 Å². The maximum atomic E-state index is 9.53. The molecule has 0 fully saturated rings. The van der Waals surface area contributed by atoms with Gasteiger partial charge in [0.05, 0.1) is 22.7 Å². The SMILES string of the molecule is N#C[C@H](c1ccccc1)[C@H](CCO)c1ncccc1Cl. The van der Waals surface area contributed by atoms with E-state index in [0.29, 0.717) is 17.1 Å². The Morgan fingerprint density at radius 3 is 2.55 bits per heavy atom. The Labute approximate surface area is 123 Å². The molecule has 1 heterocycles. The van der Waals surface area contributed by atoms with Crippen molar-refractivity contribution >= 4 is 11.6 Å². The highest BCUT2D eigenvalue weighted by Gasteiger charge is 2.27. The number of aliphatic hydroxyl groups excluding tert-OH is 1. The van der Waals surface area contributed by atoms with Crippen molar-refractivity contribution in [1.82, 2.24) is 4.98 Å². The molecule has 0 unspecified atom stereocenters. The molecule has 1 aromatic carbocycles. The van der Waals surface area contributed by atoms with Gasteiger partial charge in [-0.15, -0.1) is 0 Å². The first-order valence-electron chi connectivity index (χ1n) is 6.43. The maximum Gasteiger partial charge on any atom is 0.0797 e. The lowest BCUT2D eigenvalue weighted by atomic mass is 9.82. The fourth-order valence-electron chi connectivity index (χ4n) is 2.33. The molecule has 0 amide bonds. The number of pyridine rings is 1. The largest absolute Gasteiger partial charge is 0.396 e. The highest BCUT2D eigenvalue weighted by molar-refractivity contribution is 6.31. The lowest BCUT2D eigenvalue weighted by molar-refractivity contribution is 0.271. The fourth-order valence-corrected chi connectivity index (χ4v) is 2.59. The molecule has 102 valence electrons. The summed E-state index contributed by atoms with van der Waals surface area (Å²) in [5.41, 5.74) is 1.58. The van der Waals surface area contributed by atoms with Gasteiger partial charge in [-0.25, -0.2) is 0 Å². The molecule has 2 atom stereocenters. The van der Waals surface area contributed by atoms with Gasteiger partial charge in [-0.3, -0.25) is 4.98 Å². The van der Waals surface area contributed by atoms with Gasteiger partial charge >= 0.3 is 0 Å². The first-order valence-corrected chi connectivity index (χ1v) is 6.81. The van der Waals surface area contributed by atoms with E-state index in [1.807, 2.05) is 30.3 Å². The predicted molar refractivity (Wildman–Crippen MR) is 78.5 cm³/mol. The summed E-state index contributed by atoms with van der Waals surface area (Å²) in [6.07, 6.45) is 2.11. The van der Waals surface area contributed by atoms with Crippen LogP contribution in [0.3, 0.4) is 0 Å². The first kappa shape index (κ1) is 14.5. The van der Waals surface area contributed by atoms with Crippen LogP contribution in [0.25, 0.3) is 0 Å². The molecule has 4 heteroatoms. The third kappa shape index (κ3) is 3.16. The average molecular weight is 287 g/mol. The van der Waals surface area contributed by atoms with Crippen molar-refractivity contribution in [2.45, 2.75) is 18.3 Å². The van der Waals surface area contributed by atoms with Gasteiger partial charge in [0.1, 0.15) is 0 Å². The molecular formula is C16H15ClN2O. The Bertz CT molecular complexity index is 595. The van der Waals surface area contributed by atoms with E-state index in [4.69, 9.17) is 11.6 Å². The quantitative estimate of drug-likeness (QED) is 0.915. The van der Waals surface area contributed by atoms with Crippen LogP contribution < -0.4 is 0 Å². The zero-order chi connectivity index (χ0) is 14.4. The molecule has 0 aliphatic carbocycles. The Morgan fingerprint density at radius 1 is 1.20 bits per heavy atom. The normalized spacial score (nSPS) is 13.4. The fraction of sp³-hybridized carbons (Fsp3) is 0.250. The second kappa shape index (κ2) is 7.04. The lowest BCUT2D eigenvalue weighted by Gasteiger charge is -2.22. The van der Waals surface area contributed by atoms with E-state index in [2.05, 4.69) is 11.1 Å². The number of hydrogen-bond acceptors (Lipinski definition) is 3. The standard InChI is InChI=1S/C16H15ClN2O/c17-15-7-4-9-19-16(15)13(8-10-20)14(11-18)12-5-2-1-3-6-12/h1-7,9,13-14,20H,8,10H2/t13-,14+/m0/s1. The summed E-state index contributed by atoms with van der Waals surface area (Å²) in [7, 11) is 0. The van der Waals surface area contributed by atoms with Crippen molar-refractivity contribution in [3.05, 3.63) is 64.9 Å². The van der Waals surface area contributed by atoms with Gasteiger partial charge in [0.25, 0.3) is 0 Å². The third-order valence-corrected chi connectivity index (χ3v) is 3.60. The van der Waals surface area contributed by atoms with Crippen molar-refractivity contribution in [2.75, 3.05) is 6.61 Å². The molecule has 20 heavy (non-hydrogen) atoms. The van der Waals surface area contributed by atoms with Gasteiger partial charge in [0.2, 0.25) is 0 Å². The Balaban J connectivity index is 2.42. The number of benzene rings is 1. The second-order valence-electron chi connectivity index (χ2n) is 4.51. The Morgan fingerprint density at radius 2 is 1.95 bits per heavy atom. The molecule has 0 aliphatic rings. The maximum absolute atomic E-state index is 9.53. The van der Waals surface area contributed by atoms with Crippen LogP contribution in [0.5, 0.6) is 0 Å². The topological polar surface area (TPSA) is 56.9 Å². The van der Waals surface area contributed by atoms with Gasteiger partial charge in [0, 0.05) is 18.7 Å². The number of rotatable bonds is 5. The van der Waals surface area contributed by atoms with Crippen molar-refractivity contribution in [3.63, 3.8) is 0 Å². The highest BCUT2D eigenvalue weighted by atomic mass is 35.5. The first-order chi connectivity index (χ1) is 9.77. The van der Waals surface area contributed by atoms with Crippen LogP contribution >= 0.6 is 11.6 Å². The van der Waals surface area contributed by atoms with Crippen LogP contribution in [0.2, 0.25) is 5.02 Å². The molecule has 2 aromatic rings. The zero-order valence-electron chi connectivity index (χ0n) is 10.9. The van der Waals surface area contributed by atoms with Gasteiger partial charge in [-0.2, -0.15) is 5.26 Å². The monoisotopic (exact) mass is 286 g/mol. The number of nitriles is 1. The minimum absolute atomic E-state index is 0.0113. The summed E-state index contributed by atoms with van der Waals surface area (Å²) in [6, 6.07) is 15.4. The van der Waals surface area contributed by atoms with E-state index < -0.39 is 0 Å². The summed E-state index contributed by atoms with van der Waals surface area (Å²) >= 11 is 6.19. The molecular weight excluding hydrogens is 272 g/mol. The van der Waals surface area contributed by atoms with E-state index in [9.17, 15) is 10.4 Å². The summed E-state index contributed by atoms with van der Waals surface area (Å²) in [4.78, 5) is 4.30. The van der Waals surface area contributed by atoms with Gasteiger partial charge in [-0.05, 0) is 24.1 Å². The van der Waals surface area contributed by atoms with E-state index in [0.717, 1.165) is 5.56 Å². The average Bonchev–Trinajstić information content (AvgIpc) is 2.49. The van der Waals surface area contributed by atoms with Crippen molar-refractivity contribution in [1.29, 1.82) is 5.26 Å². The van der Waals surface area contributed by atoms with Crippen LogP contribution in [0.4, 0.5) is 0 Å². The number of hydrogen-bond donors (Lipinski definition) is 1. The summed E-state index contributed by atoms with van der Waals surface area (Å²) in [5, 5.41) is 19.4. The Kier molecular flexibility index (Phi) is 5.11. The van der Waals surface area contributed by atoms with E-state index >= 15 is 0 Å². The number of aromatic nitrogens is 1. The summed E-state index contributed by atoms with van der Waals surface area (Å²) < 4.78 is 0. The van der Waals surface area contributed by atoms with Crippen LogP contribution in [0, 0.1) is 11.3 Å². The predicted octanol–water partition coefficient (Wildman–Crippen LogP) is 3.51. The van der Waals surface area contributed by atoms with Gasteiger partial charge < -0.3 is 5.11 Å². The molecule has 1 aromatic heterocycles. The van der Waals surface area contributed by atoms with Gasteiger partial charge in [0.15, 0.2) is 0 Å². The summed E-state index contributed by atoms with van der Waals surface area (Å²) in [6.45, 7) is -0.0113. The molecule has 0 spiro atoms. The summed E-state index contributed by atoms with van der Waals surface area (Å²) in [5.74, 6) is -0.600. The number of nitrogens with zero attached hydrogens (tertiary/aromatic N) is 2. The van der Waals surface area contributed by atoms with Crippen LogP contribution in [0.15, 0.2) is 48.7 Å². The molecule has 2 rings (SSSR count). The van der Waals surface area contributed by atoms with Crippen LogP contribution in [-0.2, 0) is 0 Å². The molecule has 0 aliphatic heterocycles. The molecule has 3 nitrogen and oxygen atoms in total. The number of halogens is 1. The highest BCUT2D eigenvalue weighted by Crippen LogP contribution is 2.36. The van der Waals surface area contributed by atoms with Crippen molar-refractivity contribution < 1.29 is 5.11 Å². The zero-order valence-corrected chi connectivity index (χ0v) is 11.7. The van der Waals surface area contributed by atoms with Crippen LogP contribution in [-0.4, -0.2) is 16.7 Å². The lowest BCUT2D eigenvalue weighted by Crippen LogP contribution is -2.13. The minimum atomic E-state index is -0.379. The smallest absolute Gasteiger partial charge is 0.0797 e. The molecule has 0 radical (unpaired) electrons. The van der Waals surface area contributed by atoms with Crippen molar-refractivity contribution in [3.8, 4) is 6.07 Å². The van der Waals surface area contributed by atoms with Gasteiger partial charge in [-0.1, -0.05) is 41.9 Å². The minimum Gasteiger partial charge on any atom is -0.396 e. The number of aliphatic hydroxyl groups is 1. The third-order valence-electron chi connectivity index (χ3n) is 3.28. The van der Waals surface area contributed by atoms with E-state index in [-0.39, 0.29) is 18.4 Å². The second-order valence-corrected chi connectivity index (χ2v) is 4.91. The van der Waals surface area contributed by atoms with E-state index in [1.54, 1.807) is 18.3 Å². The van der Waals surface area contributed by atoms with Crippen molar-refractivity contribution in [2.24, 2.45) is 0 Å². The molecule has 0 bridgehead atoms. The molecule has 0 saturated heterocycles. The molecule has 1 N–H and O–H groups in total. The Hall–Kier alpha value is -1.89.